The zero-order chi connectivity index (χ0) is 9.56. The van der Waals surface area contributed by atoms with Crippen LogP contribution in [-0.4, -0.2) is 25.2 Å². The molecule has 64 valence electrons. The van der Waals surface area contributed by atoms with Gasteiger partial charge in [-0.05, 0) is 0 Å². The van der Waals surface area contributed by atoms with Crippen LogP contribution in [0.4, 0.5) is 0 Å². The molecular weight excluding hydrogens is 162 g/mol. The van der Waals surface area contributed by atoms with Crippen molar-refractivity contribution in [2.45, 2.75) is 6.10 Å². The lowest BCUT2D eigenvalue weighted by Crippen LogP contribution is -2.25. The van der Waals surface area contributed by atoms with E-state index in [4.69, 9.17) is 5.26 Å². The van der Waals surface area contributed by atoms with Gasteiger partial charge in [0.25, 0.3) is 6.10 Å². The van der Waals surface area contributed by atoms with Crippen LogP contribution in [0.1, 0.15) is 0 Å². The molecule has 0 aromatic carbocycles. The first kappa shape index (κ1) is 10.2. The Balaban J connectivity index is 4.20. The van der Waals surface area contributed by atoms with Gasteiger partial charge in [-0.1, -0.05) is 6.58 Å². The van der Waals surface area contributed by atoms with Gasteiger partial charge in [-0.25, -0.2) is 9.59 Å². The first-order valence-corrected chi connectivity index (χ1v) is 2.96. The highest BCUT2D eigenvalue weighted by atomic mass is 16.6. The Labute approximate surface area is 69.2 Å². The Bertz CT molecular complexity index is 240. The van der Waals surface area contributed by atoms with Gasteiger partial charge in [0.2, 0.25) is 0 Å². The minimum Gasteiger partial charge on any atom is -0.465 e. The molecule has 0 saturated heterocycles. The number of rotatable bonds is 3. The van der Waals surface area contributed by atoms with Crippen molar-refractivity contribution in [2.24, 2.45) is 0 Å². The van der Waals surface area contributed by atoms with E-state index < -0.39 is 18.0 Å². The Morgan fingerprint density at radius 2 is 2.25 bits per heavy atom. The molecule has 0 saturated carbocycles. The van der Waals surface area contributed by atoms with E-state index in [9.17, 15) is 9.59 Å². The van der Waals surface area contributed by atoms with Crippen molar-refractivity contribution in [2.75, 3.05) is 7.11 Å². The molecule has 5 nitrogen and oxygen atoms in total. The number of ether oxygens (including phenoxy) is 2. The molecule has 0 bridgehead atoms. The molecule has 0 amide bonds. The summed E-state index contributed by atoms with van der Waals surface area (Å²) >= 11 is 0. The zero-order valence-electron chi connectivity index (χ0n) is 6.44. The lowest BCUT2D eigenvalue weighted by Gasteiger charge is -2.05. The van der Waals surface area contributed by atoms with Gasteiger partial charge in [0, 0.05) is 6.08 Å². The lowest BCUT2D eigenvalue weighted by molar-refractivity contribution is -0.159. The average Bonchev–Trinajstić information content (AvgIpc) is 2.12. The van der Waals surface area contributed by atoms with Crippen LogP contribution in [0.2, 0.25) is 0 Å². The normalized spacial score (nSPS) is 10.7. The minimum absolute atomic E-state index is 0.841. The number of nitrogens with zero attached hydrogens (tertiary/aromatic N) is 1. The molecular formula is C7H7NO4. The topological polar surface area (TPSA) is 76.4 Å². The molecule has 0 rings (SSSR count). The molecule has 1 unspecified atom stereocenters. The van der Waals surface area contributed by atoms with Crippen LogP contribution in [0, 0.1) is 11.3 Å². The second-order valence-electron chi connectivity index (χ2n) is 1.67. The third-order valence-electron chi connectivity index (χ3n) is 0.933. The Hall–Kier alpha value is -1.83. The summed E-state index contributed by atoms with van der Waals surface area (Å²) in [5, 5.41) is 8.31. The predicted molar refractivity (Wildman–Crippen MR) is 37.7 cm³/mol. The summed E-state index contributed by atoms with van der Waals surface area (Å²) in [6.07, 6.45) is -0.659. The van der Waals surface area contributed by atoms with Crippen LogP contribution in [0.3, 0.4) is 0 Å². The molecule has 0 aliphatic rings. The van der Waals surface area contributed by atoms with Crippen LogP contribution >= 0.6 is 0 Å². The van der Waals surface area contributed by atoms with Crippen LogP contribution in [-0.2, 0) is 19.1 Å². The molecule has 0 fully saturated rings. The SMILES string of the molecule is C=CC(=O)OC(C#N)C(=O)OC. The fourth-order valence-electron chi connectivity index (χ4n) is 0.398. The number of methoxy groups -OCH3 is 1. The Morgan fingerprint density at radius 1 is 1.67 bits per heavy atom. The standard InChI is InChI=1S/C7H7NO4/c1-3-6(9)12-5(4-8)7(10)11-2/h3,5H,1H2,2H3. The largest absolute Gasteiger partial charge is 0.465 e. The van der Waals surface area contributed by atoms with E-state index in [-0.39, 0.29) is 0 Å². The third-order valence-corrected chi connectivity index (χ3v) is 0.933. The molecule has 0 spiro atoms. The smallest absolute Gasteiger partial charge is 0.362 e. The fraction of sp³-hybridized carbons (Fsp3) is 0.286. The van der Waals surface area contributed by atoms with Crippen molar-refractivity contribution >= 4 is 11.9 Å². The van der Waals surface area contributed by atoms with Crippen molar-refractivity contribution in [3.05, 3.63) is 12.7 Å². The second kappa shape index (κ2) is 4.91. The van der Waals surface area contributed by atoms with E-state index in [1.54, 1.807) is 0 Å². The van der Waals surface area contributed by atoms with E-state index in [1.165, 1.54) is 6.07 Å². The summed E-state index contributed by atoms with van der Waals surface area (Å²) < 4.78 is 8.48. The average molecular weight is 169 g/mol. The van der Waals surface area contributed by atoms with E-state index in [0.717, 1.165) is 13.2 Å². The van der Waals surface area contributed by atoms with Crippen molar-refractivity contribution in [1.29, 1.82) is 5.26 Å². The van der Waals surface area contributed by atoms with Gasteiger partial charge in [0.1, 0.15) is 6.07 Å². The van der Waals surface area contributed by atoms with Crippen molar-refractivity contribution in [3.63, 3.8) is 0 Å². The van der Waals surface area contributed by atoms with Gasteiger partial charge in [0.15, 0.2) is 0 Å². The lowest BCUT2D eigenvalue weighted by atomic mass is 10.4. The Morgan fingerprint density at radius 3 is 2.58 bits per heavy atom. The summed E-state index contributed by atoms with van der Waals surface area (Å²) in [6, 6.07) is 1.45. The zero-order valence-corrected chi connectivity index (χ0v) is 6.44. The van der Waals surface area contributed by atoms with Gasteiger partial charge in [-0.2, -0.15) is 5.26 Å². The molecule has 12 heavy (non-hydrogen) atoms. The van der Waals surface area contributed by atoms with Crippen LogP contribution in [0.15, 0.2) is 12.7 Å². The molecule has 0 aromatic heterocycles. The summed E-state index contributed by atoms with van der Waals surface area (Å²) in [5.41, 5.74) is 0. The monoisotopic (exact) mass is 169 g/mol. The van der Waals surface area contributed by atoms with Crippen molar-refractivity contribution in [1.82, 2.24) is 0 Å². The highest BCUT2D eigenvalue weighted by Crippen LogP contribution is 1.94. The third kappa shape index (κ3) is 2.84. The molecule has 0 heterocycles. The van der Waals surface area contributed by atoms with Crippen LogP contribution < -0.4 is 0 Å². The minimum atomic E-state index is -1.51. The van der Waals surface area contributed by atoms with Gasteiger partial charge in [0.05, 0.1) is 7.11 Å². The van der Waals surface area contributed by atoms with Crippen molar-refractivity contribution in [3.8, 4) is 6.07 Å². The fourth-order valence-corrected chi connectivity index (χ4v) is 0.398. The van der Waals surface area contributed by atoms with Gasteiger partial charge < -0.3 is 9.47 Å². The van der Waals surface area contributed by atoms with E-state index in [2.05, 4.69) is 16.1 Å². The summed E-state index contributed by atoms with van der Waals surface area (Å²) in [7, 11) is 1.09. The van der Waals surface area contributed by atoms with Crippen LogP contribution in [0.25, 0.3) is 0 Å². The number of nitriles is 1. The molecule has 0 radical (unpaired) electrons. The van der Waals surface area contributed by atoms with Crippen LogP contribution in [0.5, 0.6) is 0 Å². The quantitative estimate of drug-likeness (QED) is 0.431. The first-order valence-electron chi connectivity index (χ1n) is 2.96. The maximum Gasteiger partial charge on any atom is 0.362 e. The molecule has 0 aromatic rings. The summed E-state index contributed by atoms with van der Waals surface area (Å²) in [6.45, 7) is 3.10. The maximum absolute atomic E-state index is 10.6. The number of hydrogen-bond acceptors (Lipinski definition) is 5. The number of carbonyl (C=O) groups is 2. The first-order chi connectivity index (χ1) is 5.65. The number of carbonyl (C=O) groups excluding carboxylic acids is 2. The molecule has 0 aliphatic heterocycles. The molecule has 5 heteroatoms. The highest BCUT2D eigenvalue weighted by Gasteiger charge is 2.21. The highest BCUT2D eigenvalue weighted by molar-refractivity contribution is 5.86. The molecule has 1 atom stereocenters. The van der Waals surface area contributed by atoms with E-state index in [0.29, 0.717) is 0 Å². The maximum atomic E-state index is 10.6. The second-order valence-corrected chi connectivity index (χ2v) is 1.67. The van der Waals surface area contributed by atoms with Gasteiger partial charge in [-0.15, -0.1) is 0 Å². The predicted octanol–water partition coefficient (Wildman–Crippen LogP) is -0.219. The number of hydrogen-bond donors (Lipinski definition) is 0. The van der Waals surface area contributed by atoms with E-state index in [1.807, 2.05) is 0 Å². The number of esters is 2. The molecule has 0 aliphatic carbocycles. The summed E-state index contributed by atoms with van der Waals surface area (Å²) in [4.78, 5) is 21.1. The van der Waals surface area contributed by atoms with Gasteiger partial charge in [-0.3, -0.25) is 0 Å². The Kier molecular flexibility index (Phi) is 4.16. The van der Waals surface area contributed by atoms with Crippen molar-refractivity contribution < 1.29 is 19.1 Å². The molecule has 0 N–H and O–H groups in total. The summed E-state index contributed by atoms with van der Waals surface area (Å²) in [5.74, 6) is -1.75. The van der Waals surface area contributed by atoms with Gasteiger partial charge >= 0.3 is 11.9 Å². The van der Waals surface area contributed by atoms with E-state index >= 15 is 0 Å².